The Morgan fingerprint density at radius 2 is 1.67 bits per heavy atom. The highest BCUT2D eigenvalue weighted by molar-refractivity contribution is 6.36. The molecular formula is C26H25N3O4. The second kappa shape index (κ2) is 9.16. The number of ether oxygens (including phenoxy) is 2. The molecule has 0 aliphatic carbocycles. The second-order valence-corrected chi connectivity index (χ2v) is 7.76. The third kappa shape index (κ3) is 4.30. The molecule has 7 heteroatoms. The minimum absolute atomic E-state index is 0.0768. The van der Waals surface area contributed by atoms with E-state index in [2.05, 4.69) is 10.3 Å². The summed E-state index contributed by atoms with van der Waals surface area (Å²) in [4.78, 5) is 32.4. The molecule has 2 amide bonds. The van der Waals surface area contributed by atoms with Gasteiger partial charge in [0.05, 0.1) is 32.0 Å². The third-order valence-electron chi connectivity index (χ3n) is 5.66. The fraction of sp³-hybridized carbons (Fsp3) is 0.192. The van der Waals surface area contributed by atoms with E-state index in [1.165, 1.54) is 12.0 Å². The smallest absolute Gasteiger partial charge is 0.278 e. The molecule has 1 aliphatic rings. The Morgan fingerprint density at radius 3 is 2.33 bits per heavy atom. The molecule has 0 unspecified atom stereocenters. The number of nitrogens with zero attached hydrogens (tertiary/aromatic N) is 2. The summed E-state index contributed by atoms with van der Waals surface area (Å²) >= 11 is 0. The van der Waals surface area contributed by atoms with E-state index >= 15 is 0 Å². The molecule has 2 aromatic carbocycles. The van der Waals surface area contributed by atoms with Crippen LogP contribution < -0.4 is 14.8 Å². The van der Waals surface area contributed by atoms with Crippen LogP contribution in [0.1, 0.15) is 22.4 Å². The van der Waals surface area contributed by atoms with E-state index in [0.717, 1.165) is 16.8 Å². The normalized spacial score (nSPS) is 13.5. The second-order valence-electron chi connectivity index (χ2n) is 7.76. The fourth-order valence-corrected chi connectivity index (χ4v) is 3.71. The molecule has 1 N–H and O–H groups in total. The van der Waals surface area contributed by atoms with Crippen molar-refractivity contribution >= 4 is 23.1 Å². The Balaban J connectivity index is 1.79. The number of amides is 2. The van der Waals surface area contributed by atoms with Crippen molar-refractivity contribution < 1.29 is 19.1 Å². The van der Waals surface area contributed by atoms with Crippen LogP contribution >= 0.6 is 0 Å². The van der Waals surface area contributed by atoms with Crippen LogP contribution in [-0.4, -0.2) is 35.9 Å². The van der Waals surface area contributed by atoms with Gasteiger partial charge in [-0.05, 0) is 66.9 Å². The van der Waals surface area contributed by atoms with Gasteiger partial charge < -0.3 is 14.8 Å². The number of rotatable bonds is 7. The molecule has 0 saturated heterocycles. The molecule has 1 aliphatic heterocycles. The lowest BCUT2D eigenvalue weighted by molar-refractivity contribution is -0.137. The number of pyridine rings is 1. The van der Waals surface area contributed by atoms with Gasteiger partial charge in [-0.15, -0.1) is 0 Å². The van der Waals surface area contributed by atoms with Gasteiger partial charge in [-0.1, -0.05) is 18.2 Å². The standard InChI is InChI=1S/C26H25N3O4/c1-16-8-10-19(13-17(16)2)28-24-23(18-9-11-21(32-3)22(14-18)33-4)25(30)29(26(24)31)15-20-7-5-6-12-27-20/h5-14,28H,15H2,1-4H3. The molecule has 4 rings (SSSR count). The first kappa shape index (κ1) is 22.1. The molecule has 0 radical (unpaired) electrons. The van der Waals surface area contributed by atoms with Gasteiger partial charge in [0.15, 0.2) is 11.5 Å². The lowest BCUT2D eigenvalue weighted by Crippen LogP contribution is -2.32. The average molecular weight is 444 g/mol. The highest BCUT2D eigenvalue weighted by Gasteiger charge is 2.39. The zero-order valence-corrected chi connectivity index (χ0v) is 19.0. The molecule has 2 heterocycles. The summed E-state index contributed by atoms with van der Waals surface area (Å²) in [7, 11) is 3.07. The van der Waals surface area contributed by atoms with Gasteiger partial charge >= 0.3 is 0 Å². The van der Waals surface area contributed by atoms with Crippen LogP contribution in [0.25, 0.3) is 5.57 Å². The van der Waals surface area contributed by atoms with E-state index < -0.39 is 11.8 Å². The summed E-state index contributed by atoms with van der Waals surface area (Å²) in [6, 6.07) is 16.4. The molecule has 0 spiro atoms. The van der Waals surface area contributed by atoms with Gasteiger partial charge in [0.1, 0.15) is 5.70 Å². The maximum atomic E-state index is 13.5. The van der Waals surface area contributed by atoms with Crippen LogP contribution in [0, 0.1) is 13.8 Å². The van der Waals surface area contributed by atoms with Crippen molar-refractivity contribution in [1.29, 1.82) is 0 Å². The third-order valence-corrected chi connectivity index (χ3v) is 5.66. The fourth-order valence-electron chi connectivity index (χ4n) is 3.71. The van der Waals surface area contributed by atoms with Crippen molar-refractivity contribution in [2.24, 2.45) is 0 Å². The number of hydrogen-bond acceptors (Lipinski definition) is 6. The van der Waals surface area contributed by atoms with Crippen LogP contribution in [-0.2, 0) is 16.1 Å². The number of carbonyl (C=O) groups is 2. The first-order valence-corrected chi connectivity index (χ1v) is 10.5. The summed E-state index contributed by atoms with van der Waals surface area (Å²) in [6.07, 6.45) is 1.64. The monoisotopic (exact) mass is 443 g/mol. The van der Waals surface area contributed by atoms with E-state index in [4.69, 9.17) is 9.47 Å². The first-order valence-electron chi connectivity index (χ1n) is 10.5. The van der Waals surface area contributed by atoms with Gasteiger partial charge in [-0.25, -0.2) is 0 Å². The molecule has 0 fully saturated rings. The Morgan fingerprint density at radius 1 is 0.879 bits per heavy atom. The van der Waals surface area contributed by atoms with Crippen molar-refractivity contribution in [3.05, 3.63) is 88.9 Å². The van der Waals surface area contributed by atoms with Crippen molar-refractivity contribution in [1.82, 2.24) is 9.88 Å². The van der Waals surface area contributed by atoms with Crippen LogP contribution in [0.4, 0.5) is 5.69 Å². The molecule has 7 nitrogen and oxygen atoms in total. The van der Waals surface area contributed by atoms with E-state index in [1.54, 1.807) is 43.6 Å². The van der Waals surface area contributed by atoms with Crippen molar-refractivity contribution in [2.75, 3.05) is 19.5 Å². The molecule has 33 heavy (non-hydrogen) atoms. The molecular weight excluding hydrogens is 418 g/mol. The number of imide groups is 1. The molecule has 0 saturated carbocycles. The average Bonchev–Trinajstić information content (AvgIpc) is 3.05. The Labute approximate surface area is 192 Å². The predicted molar refractivity (Wildman–Crippen MR) is 126 cm³/mol. The summed E-state index contributed by atoms with van der Waals surface area (Å²) in [5.41, 5.74) is 4.61. The van der Waals surface area contributed by atoms with E-state index in [1.807, 2.05) is 38.1 Å². The molecule has 0 atom stereocenters. The highest BCUT2D eigenvalue weighted by atomic mass is 16.5. The minimum Gasteiger partial charge on any atom is -0.493 e. The van der Waals surface area contributed by atoms with Gasteiger partial charge in [0.25, 0.3) is 11.8 Å². The lowest BCUT2D eigenvalue weighted by Gasteiger charge is -2.15. The Kier molecular flexibility index (Phi) is 6.13. The van der Waals surface area contributed by atoms with Gasteiger partial charge in [-0.3, -0.25) is 19.5 Å². The van der Waals surface area contributed by atoms with Crippen LogP contribution in [0.3, 0.4) is 0 Å². The zero-order chi connectivity index (χ0) is 23.5. The topological polar surface area (TPSA) is 80.8 Å². The quantitative estimate of drug-likeness (QED) is 0.554. The van der Waals surface area contributed by atoms with E-state index in [9.17, 15) is 9.59 Å². The first-order chi connectivity index (χ1) is 15.9. The number of benzene rings is 2. The Hall–Kier alpha value is -4.13. The summed E-state index contributed by atoms with van der Waals surface area (Å²) in [5.74, 6) is 0.196. The minimum atomic E-state index is -0.409. The summed E-state index contributed by atoms with van der Waals surface area (Å²) in [5, 5.41) is 3.19. The Bertz CT molecular complexity index is 1250. The van der Waals surface area contributed by atoms with Crippen molar-refractivity contribution in [2.45, 2.75) is 20.4 Å². The van der Waals surface area contributed by atoms with E-state index in [-0.39, 0.29) is 17.8 Å². The van der Waals surface area contributed by atoms with Crippen LogP contribution in [0.5, 0.6) is 11.5 Å². The number of methoxy groups -OCH3 is 2. The highest BCUT2D eigenvalue weighted by Crippen LogP contribution is 2.36. The van der Waals surface area contributed by atoms with Crippen molar-refractivity contribution in [3.8, 4) is 11.5 Å². The number of nitrogens with one attached hydrogen (secondary N) is 1. The molecule has 168 valence electrons. The maximum absolute atomic E-state index is 13.5. The van der Waals surface area contributed by atoms with Gasteiger partial charge in [-0.2, -0.15) is 0 Å². The number of aryl methyl sites for hydroxylation is 2. The van der Waals surface area contributed by atoms with Crippen LogP contribution in [0.15, 0.2) is 66.5 Å². The predicted octanol–water partition coefficient (Wildman–Crippen LogP) is 4.11. The zero-order valence-electron chi connectivity index (χ0n) is 19.0. The largest absolute Gasteiger partial charge is 0.493 e. The van der Waals surface area contributed by atoms with Crippen molar-refractivity contribution in [3.63, 3.8) is 0 Å². The number of carbonyl (C=O) groups excluding carboxylic acids is 2. The number of aromatic nitrogens is 1. The lowest BCUT2D eigenvalue weighted by atomic mass is 10.0. The SMILES string of the molecule is COc1ccc(C2=C(Nc3ccc(C)c(C)c3)C(=O)N(Cc3ccccn3)C2=O)cc1OC. The molecule has 3 aromatic rings. The van der Waals surface area contributed by atoms with Crippen LogP contribution in [0.2, 0.25) is 0 Å². The number of hydrogen-bond donors (Lipinski definition) is 1. The molecule has 0 bridgehead atoms. The number of anilines is 1. The molecule has 1 aromatic heterocycles. The summed E-state index contributed by atoms with van der Waals surface area (Å²) in [6.45, 7) is 4.10. The maximum Gasteiger partial charge on any atom is 0.278 e. The van der Waals surface area contributed by atoms with Gasteiger partial charge in [0.2, 0.25) is 0 Å². The van der Waals surface area contributed by atoms with Gasteiger partial charge in [0, 0.05) is 11.9 Å². The van der Waals surface area contributed by atoms with E-state index in [0.29, 0.717) is 22.8 Å². The summed E-state index contributed by atoms with van der Waals surface area (Å²) < 4.78 is 10.7.